The highest BCUT2D eigenvalue weighted by atomic mass is 16.5. The number of nitrogens with one attached hydrogen (secondary N) is 2. The predicted molar refractivity (Wildman–Crippen MR) is 82.9 cm³/mol. The third-order valence-electron chi connectivity index (χ3n) is 2.79. The van der Waals surface area contributed by atoms with Gasteiger partial charge in [0.15, 0.2) is 0 Å². The Bertz CT molecular complexity index is 512. The molecular weight excluding hydrogens is 268 g/mol. The van der Waals surface area contributed by atoms with Crippen molar-refractivity contribution in [2.45, 2.75) is 26.8 Å². The number of hydrogen-bond donors (Lipinski definition) is 2. The van der Waals surface area contributed by atoms with Crippen molar-refractivity contribution < 1.29 is 14.3 Å². The van der Waals surface area contributed by atoms with Crippen LogP contribution in [0.4, 0.5) is 5.69 Å². The number of hydrogen-bond acceptors (Lipinski definition) is 4. The van der Waals surface area contributed by atoms with Gasteiger partial charge in [-0.2, -0.15) is 0 Å². The van der Waals surface area contributed by atoms with E-state index >= 15 is 0 Å². The number of ether oxygens (including phenoxy) is 1. The zero-order valence-corrected chi connectivity index (χ0v) is 12.7. The Hall–Kier alpha value is -2.14. The standard InChI is InChI=1S/C16H22N2O3/c1-4-21-16(20)9-6-10-17-12(2)14-7-5-8-15(11-14)18-13(3)19/h5-9,11-12,17H,4,10H2,1-3H3,(H,18,19)/b9-6+. The SMILES string of the molecule is CCOC(=O)/C=C/CNC(C)c1cccc(NC(C)=O)c1. The van der Waals surface area contributed by atoms with Gasteiger partial charge in [0.2, 0.25) is 5.91 Å². The second-order valence-corrected chi connectivity index (χ2v) is 4.59. The first-order valence-corrected chi connectivity index (χ1v) is 6.97. The van der Waals surface area contributed by atoms with Gasteiger partial charge in [0.1, 0.15) is 0 Å². The average Bonchev–Trinajstić information content (AvgIpc) is 2.43. The minimum Gasteiger partial charge on any atom is -0.463 e. The van der Waals surface area contributed by atoms with Crippen molar-refractivity contribution >= 4 is 17.6 Å². The van der Waals surface area contributed by atoms with Gasteiger partial charge in [0.05, 0.1) is 6.61 Å². The van der Waals surface area contributed by atoms with Crippen molar-refractivity contribution in [1.82, 2.24) is 5.32 Å². The summed E-state index contributed by atoms with van der Waals surface area (Å²) in [5.74, 6) is -0.426. The Morgan fingerprint density at radius 2 is 2.14 bits per heavy atom. The van der Waals surface area contributed by atoms with E-state index in [-0.39, 0.29) is 17.9 Å². The third-order valence-corrected chi connectivity index (χ3v) is 2.79. The van der Waals surface area contributed by atoms with E-state index in [1.165, 1.54) is 13.0 Å². The largest absolute Gasteiger partial charge is 0.463 e. The second-order valence-electron chi connectivity index (χ2n) is 4.59. The monoisotopic (exact) mass is 290 g/mol. The van der Waals surface area contributed by atoms with Gasteiger partial charge in [-0.25, -0.2) is 4.79 Å². The number of rotatable bonds is 7. The molecule has 0 saturated carbocycles. The minimum atomic E-state index is -0.334. The van der Waals surface area contributed by atoms with Crippen LogP contribution in [0.15, 0.2) is 36.4 Å². The van der Waals surface area contributed by atoms with Gasteiger partial charge in [0, 0.05) is 31.3 Å². The number of anilines is 1. The average molecular weight is 290 g/mol. The van der Waals surface area contributed by atoms with Crippen LogP contribution in [-0.4, -0.2) is 25.0 Å². The van der Waals surface area contributed by atoms with E-state index in [1.54, 1.807) is 13.0 Å². The molecule has 0 heterocycles. The van der Waals surface area contributed by atoms with Gasteiger partial charge in [-0.3, -0.25) is 4.79 Å². The Balaban J connectivity index is 2.50. The molecule has 1 amide bonds. The highest BCUT2D eigenvalue weighted by molar-refractivity contribution is 5.88. The molecule has 0 radical (unpaired) electrons. The summed E-state index contributed by atoms with van der Waals surface area (Å²) in [7, 11) is 0. The molecule has 0 aromatic heterocycles. The number of esters is 1. The molecule has 0 aliphatic heterocycles. The fourth-order valence-corrected chi connectivity index (χ4v) is 1.80. The van der Waals surface area contributed by atoms with Crippen molar-refractivity contribution in [2.24, 2.45) is 0 Å². The van der Waals surface area contributed by atoms with Crippen LogP contribution in [0.3, 0.4) is 0 Å². The molecule has 0 saturated heterocycles. The Kier molecular flexibility index (Phi) is 7.18. The molecule has 5 heteroatoms. The topological polar surface area (TPSA) is 67.4 Å². The molecule has 0 spiro atoms. The lowest BCUT2D eigenvalue weighted by atomic mass is 10.1. The van der Waals surface area contributed by atoms with Crippen molar-refractivity contribution in [3.63, 3.8) is 0 Å². The van der Waals surface area contributed by atoms with Gasteiger partial charge in [-0.05, 0) is 31.5 Å². The van der Waals surface area contributed by atoms with Crippen LogP contribution in [0.1, 0.15) is 32.4 Å². The number of benzene rings is 1. The number of amides is 1. The van der Waals surface area contributed by atoms with E-state index in [2.05, 4.69) is 10.6 Å². The van der Waals surface area contributed by atoms with Crippen LogP contribution in [0.2, 0.25) is 0 Å². The van der Waals surface area contributed by atoms with E-state index in [4.69, 9.17) is 4.74 Å². The molecule has 1 aromatic rings. The van der Waals surface area contributed by atoms with Gasteiger partial charge >= 0.3 is 5.97 Å². The van der Waals surface area contributed by atoms with Crippen LogP contribution < -0.4 is 10.6 Å². The summed E-state index contributed by atoms with van der Waals surface area (Å²) in [5, 5.41) is 6.02. The van der Waals surface area contributed by atoms with Gasteiger partial charge in [0.25, 0.3) is 0 Å². The highest BCUT2D eigenvalue weighted by Gasteiger charge is 2.05. The zero-order chi connectivity index (χ0) is 15.7. The molecule has 0 aliphatic rings. The van der Waals surface area contributed by atoms with Crippen molar-refractivity contribution in [1.29, 1.82) is 0 Å². The van der Waals surface area contributed by atoms with Gasteiger partial charge in [-0.15, -0.1) is 0 Å². The third kappa shape index (κ3) is 6.72. The Morgan fingerprint density at radius 3 is 2.81 bits per heavy atom. The number of carbonyl (C=O) groups is 2. The second kappa shape index (κ2) is 8.92. The molecular formula is C16H22N2O3. The highest BCUT2D eigenvalue weighted by Crippen LogP contribution is 2.17. The zero-order valence-electron chi connectivity index (χ0n) is 12.7. The molecule has 1 aromatic carbocycles. The van der Waals surface area contributed by atoms with E-state index in [0.717, 1.165) is 11.3 Å². The molecule has 5 nitrogen and oxygen atoms in total. The summed E-state index contributed by atoms with van der Waals surface area (Å²) in [5.41, 5.74) is 1.83. The molecule has 0 fully saturated rings. The van der Waals surface area contributed by atoms with Crippen LogP contribution in [-0.2, 0) is 14.3 Å². The first kappa shape index (κ1) is 16.9. The smallest absolute Gasteiger partial charge is 0.330 e. The van der Waals surface area contributed by atoms with Gasteiger partial charge in [-0.1, -0.05) is 18.2 Å². The summed E-state index contributed by atoms with van der Waals surface area (Å²) < 4.78 is 4.79. The van der Waals surface area contributed by atoms with E-state index < -0.39 is 0 Å². The molecule has 0 aliphatic carbocycles. The fourth-order valence-electron chi connectivity index (χ4n) is 1.80. The molecule has 2 N–H and O–H groups in total. The number of carbonyl (C=O) groups excluding carboxylic acids is 2. The first-order valence-electron chi connectivity index (χ1n) is 6.97. The lowest BCUT2D eigenvalue weighted by Gasteiger charge is -2.14. The lowest BCUT2D eigenvalue weighted by Crippen LogP contribution is -2.19. The summed E-state index contributed by atoms with van der Waals surface area (Å²) in [6.07, 6.45) is 3.14. The Labute approximate surface area is 125 Å². The lowest BCUT2D eigenvalue weighted by molar-refractivity contribution is -0.137. The predicted octanol–water partition coefficient (Wildman–Crippen LogP) is 2.41. The van der Waals surface area contributed by atoms with Crippen LogP contribution in [0.25, 0.3) is 0 Å². The molecule has 1 unspecified atom stereocenters. The minimum absolute atomic E-state index is 0.0925. The van der Waals surface area contributed by atoms with Crippen LogP contribution in [0.5, 0.6) is 0 Å². The molecule has 114 valence electrons. The van der Waals surface area contributed by atoms with E-state index in [0.29, 0.717) is 13.2 Å². The fraction of sp³-hybridized carbons (Fsp3) is 0.375. The summed E-state index contributed by atoms with van der Waals surface area (Å²) >= 11 is 0. The maximum Gasteiger partial charge on any atom is 0.330 e. The van der Waals surface area contributed by atoms with E-state index in [9.17, 15) is 9.59 Å². The molecule has 1 atom stereocenters. The summed E-state index contributed by atoms with van der Waals surface area (Å²) in [6.45, 7) is 6.21. The van der Waals surface area contributed by atoms with Crippen LogP contribution >= 0.6 is 0 Å². The summed E-state index contributed by atoms with van der Waals surface area (Å²) in [6, 6.07) is 7.75. The normalized spacial score (nSPS) is 12.1. The first-order chi connectivity index (χ1) is 10.0. The van der Waals surface area contributed by atoms with Gasteiger partial charge < -0.3 is 15.4 Å². The van der Waals surface area contributed by atoms with Crippen molar-refractivity contribution in [2.75, 3.05) is 18.5 Å². The van der Waals surface area contributed by atoms with Crippen LogP contribution in [0, 0.1) is 0 Å². The van der Waals surface area contributed by atoms with E-state index in [1.807, 2.05) is 31.2 Å². The molecule has 1 rings (SSSR count). The van der Waals surface area contributed by atoms with Crippen molar-refractivity contribution in [3.8, 4) is 0 Å². The Morgan fingerprint density at radius 1 is 1.38 bits per heavy atom. The quantitative estimate of drug-likeness (QED) is 0.598. The maximum absolute atomic E-state index is 11.1. The molecule has 21 heavy (non-hydrogen) atoms. The summed E-state index contributed by atoms with van der Waals surface area (Å²) in [4.78, 5) is 22.2. The van der Waals surface area contributed by atoms with Crippen molar-refractivity contribution in [3.05, 3.63) is 42.0 Å². The maximum atomic E-state index is 11.1. The molecule has 0 bridgehead atoms.